The van der Waals surface area contributed by atoms with Gasteiger partial charge in [0.05, 0.1) is 0 Å². The van der Waals surface area contributed by atoms with Crippen LogP contribution in [0.25, 0.3) is 0 Å². The Kier molecular flexibility index (Phi) is 19.4. The molecule has 0 spiro atoms. The third-order valence-corrected chi connectivity index (χ3v) is 5.91. The van der Waals surface area contributed by atoms with E-state index in [2.05, 4.69) is 32.9 Å². The number of primary amides is 1. The summed E-state index contributed by atoms with van der Waals surface area (Å²) in [6, 6.07) is 0. The number of allylic oxidation sites excluding steroid dienone is 2. The first-order chi connectivity index (χ1) is 13.2. The third-order valence-electron chi connectivity index (χ3n) is 5.91. The van der Waals surface area contributed by atoms with Gasteiger partial charge in [0, 0.05) is 5.92 Å². The Morgan fingerprint density at radius 3 is 1.74 bits per heavy atom. The maximum atomic E-state index is 11.8. The number of hydrogen-bond donors (Lipinski definition) is 1. The van der Waals surface area contributed by atoms with Gasteiger partial charge < -0.3 is 5.73 Å². The predicted octanol–water partition coefficient (Wildman–Crippen LogP) is 7.95. The van der Waals surface area contributed by atoms with E-state index < -0.39 is 0 Å². The largest absolute Gasteiger partial charge is 0.369 e. The average molecular weight is 380 g/mol. The molecule has 160 valence electrons. The summed E-state index contributed by atoms with van der Waals surface area (Å²) in [5.41, 5.74) is 5.69. The van der Waals surface area contributed by atoms with E-state index in [4.69, 9.17) is 5.73 Å². The lowest BCUT2D eigenvalue weighted by atomic mass is 9.82. The van der Waals surface area contributed by atoms with Gasteiger partial charge in [0.1, 0.15) is 0 Å². The number of unbranched alkanes of at least 4 members (excludes halogenated alkanes) is 11. The van der Waals surface area contributed by atoms with Gasteiger partial charge in [-0.15, -0.1) is 0 Å². The molecule has 0 bridgehead atoms. The SMILES string of the molecule is CCCCCCCCC=CCCCCCCC(C(N)=O)C(CC)CCCC. The molecule has 1 amide bonds. The summed E-state index contributed by atoms with van der Waals surface area (Å²) in [7, 11) is 0. The molecule has 0 aromatic rings. The number of carbonyl (C=O) groups excluding carboxylic acids is 1. The smallest absolute Gasteiger partial charge is 0.220 e. The van der Waals surface area contributed by atoms with Gasteiger partial charge >= 0.3 is 0 Å². The molecule has 2 nitrogen and oxygen atoms in total. The van der Waals surface area contributed by atoms with Crippen LogP contribution < -0.4 is 5.73 Å². The quantitative estimate of drug-likeness (QED) is 0.169. The summed E-state index contributed by atoms with van der Waals surface area (Å²) in [5.74, 6) is 0.515. The van der Waals surface area contributed by atoms with Crippen molar-refractivity contribution >= 4 is 5.91 Å². The van der Waals surface area contributed by atoms with Crippen LogP contribution in [0.5, 0.6) is 0 Å². The van der Waals surface area contributed by atoms with Crippen molar-refractivity contribution in [1.29, 1.82) is 0 Å². The molecule has 27 heavy (non-hydrogen) atoms. The Labute approximate surface area is 170 Å². The van der Waals surface area contributed by atoms with Crippen molar-refractivity contribution in [2.45, 2.75) is 130 Å². The number of rotatable bonds is 20. The molecule has 0 fully saturated rings. The summed E-state index contributed by atoms with van der Waals surface area (Å²) in [6.45, 7) is 6.69. The van der Waals surface area contributed by atoms with Crippen molar-refractivity contribution in [2.24, 2.45) is 17.6 Å². The van der Waals surface area contributed by atoms with Crippen molar-refractivity contribution < 1.29 is 4.79 Å². The Morgan fingerprint density at radius 1 is 0.704 bits per heavy atom. The summed E-state index contributed by atoms with van der Waals surface area (Å²) >= 11 is 0. The lowest BCUT2D eigenvalue weighted by molar-refractivity contribution is -0.123. The van der Waals surface area contributed by atoms with Crippen molar-refractivity contribution in [3.63, 3.8) is 0 Å². The van der Waals surface area contributed by atoms with Gasteiger partial charge in [-0.2, -0.15) is 0 Å². The Morgan fingerprint density at radius 2 is 1.22 bits per heavy atom. The number of amides is 1. The molecule has 0 aliphatic heterocycles. The molecule has 0 aromatic carbocycles. The molecular formula is C25H49NO. The highest BCUT2D eigenvalue weighted by Crippen LogP contribution is 2.27. The van der Waals surface area contributed by atoms with Crippen molar-refractivity contribution in [3.8, 4) is 0 Å². The number of hydrogen-bond acceptors (Lipinski definition) is 1. The molecule has 2 N–H and O–H groups in total. The van der Waals surface area contributed by atoms with Gasteiger partial charge in [0.2, 0.25) is 5.91 Å². The molecular weight excluding hydrogens is 330 g/mol. The second kappa shape index (κ2) is 20.0. The van der Waals surface area contributed by atoms with Crippen LogP contribution in [-0.2, 0) is 4.79 Å². The van der Waals surface area contributed by atoms with Crippen LogP contribution in [0.15, 0.2) is 12.2 Å². The van der Waals surface area contributed by atoms with E-state index in [0.29, 0.717) is 5.92 Å². The monoisotopic (exact) mass is 379 g/mol. The van der Waals surface area contributed by atoms with Gasteiger partial charge in [-0.3, -0.25) is 4.79 Å². The van der Waals surface area contributed by atoms with Gasteiger partial charge in [-0.25, -0.2) is 0 Å². The first-order valence-electron chi connectivity index (χ1n) is 12.1. The van der Waals surface area contributed by atoms with E-state index in [-0.39, 0.29) is 11.8 Å². The maximum absolute atomic E-state index is 11.8. The second-order valence-electron chi connectivity index (χ2n) is 8.34. The van der Waals surface area contributed by atoms with Crippen molar-refractivity contribution in [2.75, 3.05) is 0 Å². The third kappa shape index (κ3) is 15.9. The molecule has 0 radical (unpaired) electrons. The predicted molar refractivity (Wildman–Crippen MR) is 121 cm³/mol. The Bertz CT molecular complexity index is 350. The molecule has 2 unspecified atom stereocenters. The summed E-state index contributed by atoms with van der Waals surface area (Å²) < 4.78 is 0. The minimum absolute atomic E-state index is 0.0735. The molecule has 0 aliphatic carbocycles. The van der Waals surface area contributed by atoms with E-state index in [1.165, 1.54) is 83.5 Å². The maximum Gasteiger partial charge on any atom is 0.220 e. The molecule has 2 atom stereocenters. The van der Waals surface area contributed by atoms with Crippen LogP contribution in [0.1, 0.15) is 130 Å². The average Bonchev–Trinajstić information content (AvgIpc) is 2.66. The van der Waals surface area contributed by atoms with Crippen LogP contribution in [0.2, 0.25) is 0 Å². The molecule has 0 aliphatic rings. The molecule has 0 saturated heterocycles. The van der Waals surface area contributed by atoms with E-state index in [9.17, 15) is 4.79 Å². The highest BCUT2D eigenvalue weighted by atomic mass is 16.1. The normalized spacial score (nSPS) is 13.9. The fourth-order valence-corrected chi connectivity index (χ4v) is 4.02. The Hall–Kier alpha value is -0.790. The lowest BCUT2D eigenvalue weighted by Crippen LogP contribution is -2.30. The standard InChI is InChI=1S/C25H49NO/c1-4-7-9-10-11-12-13-14-15-16-17-18-19-20-22-24(25(26)27)23(6-3)21-8-5-2/h14-15,23-24H,4-13,16-22H2,1-3H3,(H2,26,27). The van der Waals surface area contributed by atoms with E-state index >= 15 is 0 Å². The van der Waals surface area contributed by atoms with E-state index in [1.807, 2.05) is 0 Å². The van der Waals surface area contributed by atoms with Gasteiger partial charge in [-0.05, 0) is 44.4 Å². The topological polar surface area (TPSA) is 43.1 Å². The fraction of sp³-hybridized carbons (Fsp3) is 0.880. The highest BCUT2D eigenvalue weighted by molar-refractivity contribution is 5.76. The lowest BCUT2D eigenvalue weighted by Gasteiger charge is -2.23. The van der Waals surface area contributed by atoms with Gasteiger partial charge in [0.25, 0.3) is 0 Å². The fourth-order valence-electron chi connectivity index (χ4n) is 4.02. The zero-order valence-corrected chi connectivity index (χ0v) is 18.8. The van der Waals surface area contributed by atoms with Crippen LogP contribution >= 0.6 is 0 Å². The molecule has 2 heteroatoms. The van der Waals surface area contributed by atoms with E-state index in [1.54, 1.807) is 0 Å². The summed E-state index contributed by atoms with van der Waals surface area (Å²) in [5, 5.41) is 0. The zero-order chi connectivity index (χ0) is 20.2. The minimum atomic E-state index is -0.0735. The molecule has 0 saturated carbocycles. The van der Waals surface area contributed by atoms with Gasteiger partial charge in [0.15, 0.2) is 0 Å². The molecule has 0 aromatic heterocycles. The zero-order valence-electron chi connectivity index (χ0n) is 18.8. The van der Waals surface area contributed by atoms with Crippen LogP contribution in [0.3, 0.4) is 0 Å². The Balaban J connectivity index is 3.67. The number of carbonyl (C=O) groups is 1. The van der Waals surface area contributed by atoms with Crippen LogP contribution in [0.4, 0.5) is 0 Å². The van der Waals surface area contributed by atoms with E-state index in [0.717, 1.165) is 25.7 Å². The van der Waals surface area contributed by atoms with Crippen LogP contribution in [0, 0.1) is 11.8 Å². The second-order valence-corrected chi connectivity index (χ2v) is 8.34. The minimum Gasteiger partial charge on any atom is -0.369 e. The highest BCUT2D eigenvalue weighted by Gasteiger charge is 2.24. The molecule has 0 rings (SSSR count). The summed E-state index contributed by atoms with van der Waals surface area (Å²) in [6.07, 6.45) is 26.1. The van der Waals surface area contributed by atoms with Crippen LogP contribution in [-0.4, -0.2) is 5.91 Å². The summed E-state index contributed by atoms with van der Waals surface area (Å²) in [4.78, 5) is 11.8. The van der Waals surface area contributed by atoms with Crippen molar-refractivity contribution in [1.82, 2.24) is 0 Å². The molecule has 0 heterocycles. The number of nitrogens with two attached hydrogens (primary N) is 1. The van der Waals surface area contributed by atoms with Gasteiger partial charge in [-0.1, -0.05) is 104 Å². The first-order valence-corrected chi connectivity index (χ1v) is 12.1. The van der Waals surface area contributed by atoms with Crippen molar-refractivity contribution in [3.05, 3.63) is 12.2 Å². The first kappa shape index (κ1) is 26.2.